The van der Waals surface area contributed by atoms with Crippen molar-refractivity contribution in [3.05, 3.63) is 59.9 Å². The zero-order chi connectivity index (χ0) is 27.1. The lowest BCUT2D eigenvalue weighted by Gasteiger charge is -2.13. The van der Waals surface area contributed by atoms with Crippen molar-refractivity contribution >= 4 is 73.1 Å². The van der Waals surface area contributed by atoms with Crippen LogP contribution in [0.4, 0.5) is 11.4 Å². The van der Waals surface area contributed by atoms with Crippen molar-refractivity contribution < 1.29 is 9.59 Å². The van der Waals surface area contributed by atoms with Gasteiger partial charge in [0.05, 0.1) is 11.1 Å². The molecular weight excluding hydrogens is 498 g/mol. The van der Waals surface area contributed by atoms with Crippen LogP contribution >= 0.6 is 11.8 Å². The summed E-state index contributed by atoms with van der Waals surface area (Å²) in [6.07, 6.45) is 4.58. The molecular formula is C28H31N7O2S. The van der Waals surface area contributed by atoms with E-state index in [9.17, 15) is 9.59 Å². The Labute approximate surface area is 225 Å². The number of aryl methyl sites for hydroxylation is 1. The summed E-state index contributed by atoms with van der Waals surface area (Å²) in [5, 5.41) is 11.9. The molecule has 1 aliphatic rings. The number of nitrogens with one attached hydrogen (secondary N) is 3. The zero-order valence-electron chi connectivity index (χ0n) is 21.9. The molecule has 2 aromatic carbocycles. The fourth-order valence-corrected chi connectivity index (χ4v) is 5.42. The van der Waals surface area contributed by atoms with E-state index >= 15 is 0 Å². The molecule has 10 heteroatoms. The van der Waals surface area contributed by atoms with Crippen LogP contribution in [0, 0.1) is 5.41 Å². The number of hydrogen-bond donors (Lipinski definition) is 4. The van der Waals surface area contributed by atoms with Crippen LogP contribution < -0.4 is 20.9 Å². The second-order valence-electron chi connectivity index (χ2n) is 9.76. The summed E-state index contributed by atoms with van der Waals surface area (Å²) in [6, 6.07) is 12.2. The first-order valence-electron chi connectivity index (χ1n) is 12.3. The quantitative estimate of drug-likeness (QED) is 0.119. The van der Waals surface area contributed by atoms with Crippen LogP contribution in [0.2, 0.25) is 0 Å². The number of nitrogens with two attached hydrogens (primary N) is 1. The summed E-state index contributed by atoms with van der Waals surface area (Å²) in [4.78, 5) is 33.9. The highest BCUT2D eigenvalue weighted by Crippen LogP contribution is 2.39. The molecule has 2 amide bonds. The van der Waals surface area contributed by atoms with E-state index in [4.69, 9.17) is 11.1 Å². The molecule has 1 aliphatic heterocycles. The number of fused-ring (bicyclic) bond motifs is 2. The molecule has 0 bridgehead atoms. The van der Waals surface area contributed by atoms with Gasteiger partial charge in [0.25, 0.3) is 11.8 Å². The van der Waals surface area contributed by atoms with Gasteiger partial charge in [-0.05, 0) is 42.8 Å². The van der Waals surface area contributed by atoms with E-state index in [0.29, 0.717) is 23.3 Å². The number of thioether (sulfide) groups is 1. The van der Waals surface area contributed by atoms with Crippen molar-refractivity contribution in [2.45, 2.75) is 13.0 Å². The van der Waals surface area contributed by atoms with Gasteiger partial charge in [-0.2, -0.15) is 0 Å². The molecule has 38 heavy (non-hydrogen) atoms. The first-order valence-corrected chi connectivity index (χ1v) is 13.3. The first-order chi connectivity index (χ1) is 18.2. The average Bonchev–Trinajstić information content (AvgIpc) is 3.53. The minimum Gasteiger partial charge on any atom is -0.379 e. The number of nitrogens with zero attached hydrogens (tertiary/aromatic N) is 3. The summed E-state index contributed by atoms with van der Waals surface area (Å²) >= 11 is 1.31. The Morgan fingerprint density at radius 3 is 2.24 bits per heavy atom. The van der Waals surface area contributed by atoms with Crippen LogP contribution in [-0.2, 0) is 16.1 Å². The van der Waals surface area contributed by atoms with E-state index in [2.05, 4.69) is 27.0 Å². The molecule has 196 valence electrons. The van der Waals surface area contributed by atoms with E-state index in [1.807, 2.05) is 68.5 Å². The van der Waals surface area contributed by atoms with Gasteiger partial charge in [0, 0.05) is 97.2 Å². The van der Waals surface area contributed by atoms with Crippen molar-refractivity contribution in [2.75, 3.05) is 43.7 Å². The molecule has 0 aliphatic carbocycles. The van der Waals surface area contributed by atoms with Gasteiger partial charge in [0.2, 0.25) is 0 Å². The number of anilines is 2. The Balaban J connectivity index is 1.71. The standard InChI is InChI=1S/C28H31N7O2S/c1-33(2)16-6-8-22-18(12-16)20(14-31-22)24-25(27(37)32-26(24)36)21-15-35(10-5-11-38-28(29)30)23-9-7-17(34(3)4)13-19(21)23/h6-9,12-15,31H,5,10-11H2,1-4H3,(H3,29,30)(H,32,36,37). The second kappa shape index (κ2) is 9.94. The lowest BCUT2D eigenvalue weighted by atomic mass is 9.95. The number of rotatable bonds is 8. The number of aromatic nitrogens is 2. The number of amides is 2. The maximum atomic E-state index is 13.3. The smallest absolute Gasteiger partial charge is 0.259 e. The molecule has 5 rings (SSSR count). The summed E-state index contributed by atoms with van der Waals surface area (Å²) in [5.41, 5.74) is 11.5. The molecule has 2 aromatic heterocycles. The van der Waals surface area contributed by atoms with Gasteiger partial charge in [0.1, 0.15) is 0 Å². The van der Waals surface area contributed by atoms with Crippen molar-refractivity contribution in [3.8, 4) is 0 Å². The van der Waals surface area contributed by atoms with Gasteiger partial charge >= 0.3 is 0 Å². The number of amidine groups is 1. The minimum atomic E-state index is -0.399. The number of hydrogen-bond acceptors (Lipinski definition) is 6. The van der Waals surface area contributed by atoms with Gasteiger partial charge in [0.15, 0.2) is 5.17 Å². The van der Waals surface area contributed by atoms with Crippen LogP contribution in [0.15, 0.2) is 48.8 Å². The lowest BCUT2D eigenvalue weighted by molar-refractivity contribution is -0.122. The number of benzene rings is 2. The molecule has 0 unspecified atom stereocenters. The topological polar surface area (TPSA) is 123 Å². The molecule has 0 fully saturated rings. The van der Waals surface area contributed by atoms with E-state index in [-0.39, 0.29) is 5.17 Å². The molecule has 5 N–H and O–H groups in total. The monoisotopic (exact) mass is 529 g/mol. The van der Waals surface area contributed by atoms with Crippen molar-refractivity contribution in [2.24, 2.45) is 5.73 Å². The molecule has 0 radical (unpaired) electrons. The fourth-order valence-electron chi connectivity index (χ4n) is 4.93. The number of imide groups is 1. The Morgan fingerprint density at radius 2 is 1.58 bits per heavy atom. The van der Waals surface area contributed by atoms with Gasteiger partial charge in [-0.15, -0.1) is 0 Å². The third kappa shape index (κ3) is 4.51. The summed E-state index contributed by atoms with van der Waals surface area (Å²) in [5.74, 6) is -0.0791. The zero-order valence-corrected chi connectivity index (χ0v) is 22.7. The number of carbonyl (C=O) groups excluding carboxylic acids is 2. The number of carbonyl (C=O) groups is 2. The highest BCUT2D eigenvalue weighted by molar-refractivity contribution is 8.13. The van der Waals surface area contributed by atoms with Crippen LogP contribution in [0.5, 0.6) is 0 Å². The molecule has 0 atom stereocenters. The normalized spacial score (nSPS) is 13.6. The molecule has 0 saturated heterocycles. The van der Waals surface area contributed by atoms with Crippen LogP contribution in [-0.4, -0.2) is 60.5 Å². The molecule has 3 heterocycles. The predicted octanol–water partition coefficient (Wildman–Crippen LogP) is 3.84. The Hall–Kier alpha value is -4.18. The van der Waals surface area contributed by atoms with Gasteiger partial charge in [-0.3, -0.25) is 20.3 Å². The lowest BCUT2D eigenvalue weighted by Crippen LogP contribution is -2.22. The largest absolute Gasteiger partial charge is 0.379 e. The number of aromatic amines is 1. The molecule has 9 nitrogen and oxygen atoms in total. The van der Waals surface area contributed by atoms with E-state index in [0.717, 1.165) is 50.9 Å². The average molecular weight is 530 g/mol. The Kier molecular flexibility index (Phi) is 6.66. The molecule has 4 aromatic rings. The molecule has 0 saturated carbocycles. The fraction of sp³-hybridized carbons (Fsp3) is 0.250. The van der Waals surface area contributed by atoms with Crippen molar-refractivity contribution in [1.29, 1.82) is 5.41 Å². The van der Waals surface area contributed by atoms with Gasteiger partial charge in [-0.25, -0.2) is 0 Å². The predicted molar refractivity (Wildman–Crippen MR) is 158 cm³/mol. The second-order valence-corrected chi connectivity index (χ2v) is 10.9. The third-order valence-corrected chi connectivity index (χ3v) is 7.64. The SMILES string of the molecule is CN(C)c1ccc2[nH]cc(C3=C(c4cn(CCCSC(=N)N)c5ccc(N(C)C)cc45)C(=O)NC3=O)c2c1. The first kappa shape index (κ1) is 25.5. The third-order valence-electron chi connectivity index (χ3n) is 6.83. The van der Waals surface area contributed by atoms with Crippen LogP contribution in [0.3, 0.4) is 0 Å². The summed E-state index contributed by atoms with van der Waals surface area (Å²) in [6.45, 7) is 0.690. The minimum absolute atomic E-state index is 0.103. The van der Waals surface area contributed by atoms with E-state index in [1.54, 1.807) is 6.20 Å². The van der Waals surface area contributed by atoms with Crippen LogP contribution in [0.1, 0.15) is 17.5 Å². The maximum absolute atomic E-state index is 13.3. The van der Waals surface area contributed by atoms with E-state index < -0.39 is 11.8 Å². The highest BCUT2D eigenvalue weighted by Gasteiger charge is 2.35. The van der Waals surface area contributed by atoms with Gasteiger partial charge < -0.3 is 25.1 Å². The number of H-pyrrole nitrogens is 1. The summed E-state index contributed by atoms with van der Waals surface area (Å²) in [7, 11) is 7.88. The van der Waals surface area contributed by atoms with Gasteiger partial charge in [-0.1, -0.05) is 11.8 Å². The highest BCUT2D eigenvalue weighted by atomic mass is 32.2. The summed E-state index contributed by atoms with van der Waals surface area (Å²) < 4.78 is 2.12. The van der Waals surface area contributed by atoms with E-state index in [1.165, 1.54) is 11.8 Å². The maximum Gasteiger partial charge on any atom is 0.259 e. The molecule has 0 spiro atoms. The Bertz CT molecular complexity index is 1630. The van der Waals surface area contributed by atoms with Crippen LogP contribution in [0.25, 0.3) is 33.0 Å². The Morgan fingerprint density at radius 1 is 0.947 bits per heavy atom. The van der Waals surface area contributed by atoms with Crippen molar-refractivity contribution in [1.82, 2.24) is 14.9 Å². The van der Waals surface area contributed by atoms with Crippen molar-refractivity contribution in [3.63, 3.8) is 0 Å².